The first-order chi connectivity index (χ1) is 16.7. The number of nitrogens with zero attached hydrogens (tertiary/aromatic N) is 3. The minimum absolute atomic E-state index is 0.0830. The number of benzene rings is 2. The number of fused-ring (bicyclic) bond motifs is 1. The molecule has 0 N–H and O–H groups in total. The second-order valence-electron chi connectivity index (χ2n) is 8.76. The predicted molar refractivity (Wildman–Crippen MR) is 132 cm³/mol. The van der Waals surface area contributed by atoms with Crippen LogP contribution in [0.5, 0.6) is 0 Å². The summed E-state index contributed by atoms with van der Waals surface area (Å²) < 4.78 is 46.9. The molecular weight excluding hydrogens is 498 g/mol. The molecule has 3 aromatic rings. The smallest absolute Gasteiger partial charge is 0.383 e. The number of methoxy groups -OCH3 is 1. The molecule has 188 valence electrons. The van der Waals surface area contributed by atoms with Crippen LogP contribution in [0.15, 0.2) is 36.4 Å². The molecule has 0 saturated carbocycles. The highest BCUT2D eigenvalue weighted by atomic mass is 35.5. The summed E-state index contributed by atoms with van der Waals surface area (Å²) in [4.78, 5) is 2.39. The van der Waals surface area contributed by atoms with Crippen molar-refractivity contribution < 1.29 is 17.9 Å². The summed E-state index contributed by atoms with van der Waals surface area (Å²) in [6.07, 6.45) is -2.36. The minimum atomic E-state index is -4.54. The Morgan fingerprint density at radius 3 is 2.29 bits per heavy atom. The number of hydrogen-bond donors (Lipinski definition) is 0. The molecule has 1 aromatic heterocycles. The molecule has 0 amide bonds. The molecule has 0 saturated heterocycles. The predicted octanol–water partition coefficient (Wildman–Crippen LogP) is 6.90. The van der Waals surface area contributed by atoms with E-state index < -0.39 is 11.7 Å². The summed E-state index contributed by atoms with van der Waals surface area (Å²) in [5.41, 5.74) is 4.84. The molecule has 1 unspecified atom stereocenters. The van der Waals surface area contributed by atoms with Crippen LogP contribution in [0.3, 0.4) is 0 Å². The lowest BCUT2D eigenvalue weighted by atomic mass is 9.93. The Hall–Kier alpha value is -2.06. The maximum Gasteiger partial charge on any atom is 0.416 e. The van der Waals surface area contributed by atoms with Crippen molar-refractivity contribution in [2.75, 3.05) is 13.7 Å². The van der Waals surface area contributed by atoms with Crippen LogP contribution in [0.4, 0.5) is 13.2 Å². The molecular formula is C26H28Cl2F3N3O. The van der Waals surface area contributed by atoms with E-state index in [1.807, 2.05) is 13.8 Å². The van der Waals surface area contributed by atoms with E-state index in [2.05, 4.69) is 29.2 Å². The van der Waals surface area contributed by atoms with Crippen molar-refractivity contribution in [3.63, 3.8) is 0 Å². The topological polar surface area (TPSA) is 30.3 Å². The molecule has 2 heterocycles. The third kappa shape index (κ3) is 5.24. The van der Waals surface area contributed by atoms with E-state index in [0.717, 1.165) is 42.0 Å². The van der Waals surface area contributed by atoms with E-state index >= 15 is 0 Å². The van der Waals surface area contributed by atoms with Crippen LogP contribution in [-0.2, 0) is 43.3 Å². The molecule has 35 heavy (non-hydrogen) atoms. The largest absolute Gasteiger partial charge is 0.416 e. The van der Waals surface area contributed by atoms with Gasteiger partial charge in [0.1, 0.15) is 5.69 Å². The summed E-state index contributed by atoms with van der Waals surface area (Å²) in [6, 6.07) is 10.4. The Kier molecular flexibility index (Phi) is 7.81. The van der Waals surface area contributed by atoms with E-state index in [1.54, 1.807) is 11.8 Å². The van der Waals surface area contributed by atoms with Crippen LogP contribution >= 0.6 is 23.2 Å². The average Bonchev–Trinajstić information content (AvgIpc) is 3.15. The van der Waals surface area contributed by atoms with Crippen molar-refractivity contribution in [1.82, 2.24) is 14.7 Å². The van der Waals surface area contributed by atoms with Gasteiger partial charge in [-0.1, -0.05) is 61.3 Å². The molecule has 4 nitrogen and oxygen atoms in total. The lowest BCUT2D eigenvalue weighted by Crippen LogP contribution is -2.42. The Morgan fingerprint density at radius 1 is 1.06 bits per heavy atom. The molecule has 0 spiro atoms. The van der Waals surface area contributed by atoms with Crippen molar-refractivity contribution in [1.29, 1.82) is 0 Å². The van der Waals surface area contributed by atoms with Gasteiger partial charge in [0.2, 0.25) is 0 Å². The van der Waals surface area contributed by atoms with Crippen LogP contribution < -0.4 is 0 Å². The molecule has 1 atom stereocenters. The molecule has 2 aromatic carbocycles. The number of halogens is 5. The van der Waals surface area contributed by atoms with Gasteiger partial charge in [0.15, 0.2) is 0 Å². The van der Waals surface area contributed by atoms with Gasteiger partial charge in [-0.2, -0.15) is 18.3 Å². The fourth-order valence-electron chi connectivity index (χ4n) is 4.87. The molecule has 0 fully saturated rings. The third-order valence-electron chi connectivity index (χ3n) is 6.58. The lowest BCUT2D eigenvalue weighted by molar-refractivity contribution is -0.137. The Morgan fingerprint density at radius 2 is 1.71 bits per heavy atom. The van der Waals surface area contributed by atoms with Crippen molar-refractivity contribution in [2.24, 2.45) is 0 Å². The van der Waals surface area contributed by atoms with Crippen molar-refractivity contribution in [2.45, 2.75) is 58.4 Å². The summed E-state index contributed by atoms with van der Waals surface area (Å²) in [5, 5.41) is 4.61. The fourth-order valence-corrected chi connectivity index (χ4v) is 5.52. The highest BCUT2D eigenvalue weighted by molar-refractivity contribution is 6.37. The molecule has 1 aliphatic rings. The second kappa shape index (κ2) is 10.5. The molecule has 1 aliphatic heterocycles. The minimum Gasteiger partial charge on any atom is -0.383 e. The summed E-state index contributed by atoms with van der Waals surface area (Å²) in [6.45, 7) is 6.04. The first kappa shape index (κ1) is 26.0. The monoisotopic (exact) mass is 525 g/mol. The highest BCUT2D eigenvalue weighted by Crippen LogP contribution is 2.39. The summed E-state index contributed by atoms with van der Waals surface area (Å²) in [7, 11) is 1.71. The van der Waals surface area contributed by atoms with Gasteiger partial charge in [-0.05, 0) is 42.5 Å². The zero-order valence-corrected chi connectivity index (χ0v) is 21.4. The van der Waals surface area contributed by atoms with E-state index in [-0.39, 0.29) is 21.8 Å². The van der Waals surface area contributed by atoms with E-state index in [9.17, 15) is 13.2 Å². The van der Waals surface area contributed by atoms with Crippen LogP contribution in [0, 0.1) is 0 Å². The zero-order valence-electron chi connectivity index (χ0n) is 19.9. The van der Waals surface area contributed by atoms with E-state index in [1.165, 1.54) is 11.1 Å². The maximum atomic E-state index is 13.3. The summed E-state index contributed by atoms with van der Waals surface area (Å²) in [5.74, 6) is 0. The van der Waals surface area contributed by atoms with Crippen molar-refractivity contribution >= 4 is 23.2 Å². The van der Waals surface area contributed by atoms with Gasteiger partial charge < -0.3 is 4.74 Å². The number of aryl methyl sites for hydroxylation is 1. The number of hydrogen-bond acceptors (Lipinski definition) is 3. The standard InChI is InChI=1S/C26H28Cl2F3N3O/c1-4-23-20(14-33-13-17-9-7-6-8-16(17)10-19(33)15-35-3)24(5-2)34(32-23)25-21(27)11-18(12-22(25)28)26(29,30)31/h6-9,11-12,19H,4-5,10,13-15H2,1-3H3. The number of aromatic nitrogens is 2. The van der Waals surface area contributed by atoms with Gasteiger partial charge >= 0.3 is 6.18 Å². The van der Waals surface area contributed by atoms with Crippen molar-refractivity contribution in [3.8, 4) is 5.69 Å². The highest BCUT2D eigenvalue weighted by Gasteiger charge is 2.33. The second-order valence-corrected chi connectivity index (χ2v) is 9.58. The normalized spacial score (nSPS) is 16.5. The van der Waals surface area contributed by atoms with Crippen LogP contribution in [0.2, 0.25) is 10.0 Å². The first-order valence-electron chi connectivity index (χ1n) is 11.6. The van der Waals surface area contributed by atoms with E-state index in [4.69, 9.17) is 33.0 Å². The van der Waals surface area contributed by atoms with Gasteiger partial charge in [-0.15, -0.1) is 0 Å². The fraction of sp³-hybridized carbons (Fsp3) is 0.423. The molecule has 0 bridgehead atoms. The number of alkyl halides is 3. The molecule has 4 rings (SSSR count). The van der Waals surface area contributed by atoms with Gasteiger partial charge in [-0.3, -0.25) is 4.90 Å². The van der Waals surface area contributed by atoms with Crippen molar-refractivity contribution in [3.05, 3.63) is 80.1 Å². The SMILES string of the molecule is CCc1nn(-c2c(Cl)cc(C(F)(F)F)cc2Cl)c(CC)c1CN1Cc2ccccc2CC1COC. The van der Waals surface area contributed by atoms with Crippen LogP contribution in [-0.4, -0.2) is 34.4 Å². The molecule has 0 radical (unpaired) electrons. The van der Waals surface area contributed by atoms with Gasteiger partial charge in [0.05, 0.1) is 27.9 Å². The van der Waals surface area contributed by atoms with E-state index in [0.29, 0.717) is 26.0 Å². The average molecular weight is 526 g/mol. The Balaban J connectivity index is 1.76. The summed E-state index contributed by atoms with van der Waals surface area (Å²) >= 11 is 12.7. The third-order valence-corrected chi connectivity index (χ3v) is 7.16. The van der Waals surface area contributed by atoms with Crippen LogP contribution in [0.1, 0.15) is 47.5 Å². The van der Waals surface area contributed by atoms with Gasteiger partial charge in [-0.25, -0.2) is 4.68 Å². The maximum absolute atomic E-state index is 13.3. The number of rotatable bonds is 7. The first-order valence-corrected chi connectivity index (χ1v) is 12.4. The molecule has 9 heteroatoms. The Bertz CT molecular complexity index is 1190. The van der Waals surface area contributed by atoms with Gasteiger partial charge in [0, 0.05) is 37.5 Å². The molecule has 0 aliphatic carbocycles. The van der Waals surface area contributed by atoms with Crippen LogP contribution in [0.25, 0.3) is 5.69 Å². The zero-order chi connectivity index (χ0) is 25.3. The van der Waals surface area contributed by atoms with Gasteiger partial charge in [0.25, 0.3) is 0 Å². The quantitative estimate of drug-likeness (QED) is 0.336. The number of ether oxygens (including phenoxy) is 1. The Labute approximate surface area is 213 Å². The lowest BCUT2D eigenvalue weighted by Gasteiger charge is -2.36.